The molecule has 1 N–H and O–H groups in total. The number of aliphatic hydroxyl groups excluding tert-OH is 1. The molecule has 2 aliphatic rings. The van der Waals surface area contributed by atoms with Gasteiger partial charge in [-0.05, 0) is 61.7 Å². The molecule has 1 heteroatoms. The van der Waals surface area contributed by atoms with Gasteiger partial charge in [-0.25, -0.2) is 0 Å². The lowest BCUT2D eigenvalue weighted by Crippen LogP contribution is -2.38. The average molecular weight is 238 g/mol. The van der Waals surface area contributed by atoms with Crippen molar-refractivity contribution in [1.29, 1.82) is 0 Å². The van der Waals surface area contributed by atoms with Gasteiger partial charge in [0.15, 0.2) is 0 Å². The van der Waals surface area contributed by atoms with Crippen molar-refractivity contribution in [3.05, 3.63) is 0 Å². The third-order valence-corrected chi connectivity index (χ3v) is 5.57. The Morgan fingerprint density at radius 2 is 1.94 bits per heavy atom. The molecule has 2 rings (SSSR count). The predicted octanol–water partition coefficient (Wildman–Crippen LogP) is 4.25. The number of unbranched alkanes of at least 4 members (excludes halogenated alkanes) is 1. The molecule has 0 aliphatic heterocycles. The highest BCUT2D eigenvalue weighted by Gasteiger charge is 2.40. The summed E-state index contributed by atoms with van der Waals surface area (Å²) in [6.45, 7) is 5.22. The Morgan fingerprint density at radius 3 is 2.65 bits per heavy atom. The summed E-state index contributed by atoms with van der Waals surface area (Å²) < 4.78 is 0. The van der Waals surface area contributed by atoms with E-state index in [-0.39, 0.29) is 0 Å². The molecular weight excluding hydrogens is 208 g/mol. The van der Waals surface area contributed by atoms with Gasteiger partial charge in [0.05, 0.1) is 0 Å². The van der Waals surface area contributed by atoms with Gasteiger partial charge in [-0.1, -0.05) is 33.1 Å². The van der Waals surface area contributed by atoms with Crippen LogP contribution in [-0.4, -0.2) is 11.7 Å². The van der Waals surface area contributed by atoms with Crippen LogP contribution in [0.2, 0.25) is 0 Å². The van der Waals surface area contributed by atoms with Crippen LogP contribution in [0.5, 0.6) is 0 Å². The van der Waals surface area contributed by atoms with E-state index in [9.17, 15) is 5.11 Å². The number of fused-ring (bicyclic) bond motifs is 1. The minimum atomic E-state index is 0.429. The van der Waals surface area contributed by atoms with Crippen molar-refractivity contribution in [2.24, 2.45) is 29.6 Å². The van der Waals surface area contributed by atoms with Crippen LogP contribution in [0.4, 0.5) is 0 Å². The first-order chi connectivity index (χ1) is 8.26. The van der Waals surface area contributed by atoms with Crippen molar-refractivity contribution in [3.63, 3.8) is 0 Å². The highest BCUT2D eigenvalue weighted by atomic mass is 16.3. The molecule has 0 bridgehead atoms. The lowest BCUT2D eigenvalue weighted by Gasteiger charge is -2.47. The van der Waals surface area contributed by atoms with E-state index in [4.69, 9.17) is 0 Å². The van der Waals surface area contributed by atoms with Gasteiger partial charge in [0.25, 0.3) is 0 Å². The molecule has 5 unspecified atom stereocenters. The monoisotopic (exact) mass is 238 g/mol. The Balaban J connectivity index is 1.96. The molecule has 5 atom stereocenters. The molecule has 17 heavy (non-hydrogen) atoms. The maximum absolute atomic E-state index is 9.34. The van der Waals surface area contributed by atoms with Gasteiger partial charge in [-0.15, -0.1) is 0 Å². The number of aliphatic hydroxyl groups is 1. The van der Waals surface area contributed by atoms with Gasteiger partial charge in [0.2, 0.25) is 0 Å². The fourth-order valence-corrected chi connectivity index (χ4v) is 4.50. The first-order valence-corrected chi connectivity index (χ1v) is 7.87. The van der Waals surface area contributed by atoms with Crippen molar-refractivity contribution < 1.29 is 5.11 Å². The molecule has 2 fully saturated rings. The van der Waals surface area contributed by atoms with Crippen LogP contribution in [0.3, 0.4) is 0 Å². The molecule has 0 aromatic rings. The molecule has 0 heterocycles. The Bertz CT molecular complexity index is 226. The second-order valence-corrected chi connectivity index (χ2v) is 6.65. The number of hydrogen-bond acceptors (Lipinski definition) is 1. The molecule has 100 valence electrons. The molecular formula is C16H30O. The Kier molecular flexibility index (Phi) is 4.90. The normalized spacial score (nSPS) is 42.2. The summed E-state index contributed by atoms with van der Waals surface area (Å²) in [7, 11) is 0. The fourth-order valence-electron chi connectivity index (χ4n) is 4.50. The zero-order valence-corrected chi connectivity index (χ0v) is 11.7. The van der Waals surface area contributed by atoms with E-state index in [0.717, 1.165) is 23.7 Å². The number of hydrogen-bond donors (Lipinski definition) is 1. The zero-order valence-electron chi connectivity index (χ0n) is 11.7. The summed E-state index contributed by atoms with van der Waals surface area (Å²) in [5.74, 6) is 4.50. The zero-order chi connectivity index (χ0) is 12.3. The maximum atomic E-state index is 9.34. The van der Waals surface area contributed by atoms with Crippen molar-refractivity contribution in [3.8, 4) is 0 Å². The summed E-state index contributed by atoms with van der Waals surface area (Å²) in [4.78, 5) is 0. The van der Waals surface area contributed by atoms with Crippen molar-refractivity contribution >= 4 is 0 Å². The molecule has 2 aliphatic carbocycles. The highest BCUT2D eigenvalue weighted by molar-refractivity contribution is 4.90. The smallest absolute Gasteiger partial charge is 0.0459 e. The second-order valence-electron chi connectivity index (χ2n) is 6.65. The molecule has 0 saturated heterocycles. The van der Waals surface area contributed by atoms with Crippen molar-refractivity contribution in [2.75, 3.05) is 6.61 Å². The molecule has 2 saturated carbocycles. The van der Waals surface area contributed by atoms with Crippen LogP contribution < -0.4 is 0 Å². The van der Waals surface area contributed by atoms with Gasteiger partial charge in [0.1, 0.15) is 0 Å². The SMILES string of the molecule is CCCCC1C(C)CCC2CC(CO)CCC21. The lowest BCUT2D eigenvalue weighted by molar-refractivity contribution is 0.0217. The average Bonchev–Trinajstić information content (AvgIpc) is 2.37. The second kappa shape index (κ2) is 6.22. The minimum Gasteiger partial charge on any atom is -0.396 e. The topological polar surface area (TPSA) is 20.2 Å². The van der Waals surface area contributed by atoms with Gasteiger partial charge in [-0.2, -0.15) is 0 Å². The van der Waals surface area contributed by atoms with Crippen LogP contribution >= 0.6 is 0 Å². The van der Waals surface area contributed by atoms with E-state index >= 15 is 0 Å². The van der Waals surface area contributed by atoms with E-state index in [2.05, 4.69) is 13.8 Å². The molecule has 0 aromatic heterocycles. The lowest BCUT2D eigenvalue weighted by atomic mass is 9.59. The van der Waals surface area contributed by atoms with Crippen LogP contribution in [0.25, 0.3) is 0 Å². The van der Waals surface area contributed by atoms with E-state index in [1.165, 1.54) is 51.4 Å². The Morgan fingerprint density at radius 1 is 1.12 bits per heavy atom. The van der Waals surface area contributed by atoms with Gasteiger partial charge in [-0.3, -0.25) is 0 Å². The molecule has 0 aromatic carbocycles. The largest absolute Gasteiger partial charge is 0.396 e. The third kappa shape index (κ3) is 3.05. The maximum Gasteiger partial charge on any atom is 0.0459 e. The highest BCUT2D eigenvalue weighted by Crippen LogP contribution is 2.49. The summed E-state index contributed by atoms with van der Waals surface area (Å²) >= 11 is 0. The third-order valence-electron chi connectivity index (χ3n) is 5.57. The molecule has 1 nitrogen and oxygen atoms in total. The Hall–Kier alpha value is -0.0400. The molecule has 0 spiro atoms. The summed E-state index contributed by atoms with van der Waals surface area (Å²) in [6.07, 6.45) is 11.1. The van der Waals surface area contributed by atoms with Gasteiger partial charge >= 0.3 is 0 Å². The van der Waals surface area contributed by atoms with Crippen LogP contribution in [0.1, 0.15) is 65.2 Å². The molecule has 0 amide bonds. The molecule has 0 radical (unpaired) electrons. The Labute approximate surface area is 107 Å². The first kappa shape index (κ1) is 13.4. The minimum absolute atomic E-state index is 0.429. The van der Waals surface area contributed by atoms with E-state index in [1.54, 1.807) is 0 Å². The van der Waals surface area contributed by atoms with Crippen molar-refractivity contribution in [1.82, 2.24) is 0 Å². The predicted molar refractivity (Wildman–Crippen MR) is 72.8 cm³/mol. The number of rotatable bonds is 4. The quantitative estimate of drug-likeness (QED) is 0.776. The van der Waals surface area contributed by atoms with E-state index in [1.807, 2.05) is 0 Å². The van der Waals surface area contributed by atoms with Gasteiger partial charge in [0, 0.05) is 6.61 Å². The summed E-state index contributed by atoms with van der Waals surface area (Å²) in [5.41, 5.74) is 0. The van der Waals surface area contributed by atoms with Gasteiger partial charge < -0.3 is 5.11 Å². The standard InChI is InChI=1S/C16H30O/c1-3-4-5-15-12(2)6-8-14-10-13(11-17)7-9-16(14)15/h12-17H,3-11H2,1-2H3. The fraction of sp³-hybridized carbons (Fsp3) is 1.00. The van der Waals surface area contributed by atoms with Crippen LogP contribution in [0, 0.1) is 29.6 Å². The summed E-state index contributed by atoms with van der Waals surface area (Å²) in [6, 6.07) is 0. The summed E-state index contributed by atoms with van der Waals surface area (Å²) in [5, 5.41) is 9.34. The van der Waals surface area contributed by atoms with Crippen LogP contribution in [-0.2, 0) is 0 Å². The van der Waals surface area contributed by atoms with E-state index in [0.29, 0.717) is 12.5 Å². The van der Waals surface area contributed by atoms with E-state index < -0.39 is 0 Å². The van der Waals surface area contributed by atoms with Crippen molar-refractivity contribution in [2.45, 2.75) is 65.2 Å². The first-order valence-electron chi connectivity index (χ1n) is 7.87. The van der Waals surface area contributed by atoms with Crippen LogP contribution in [0.15, 0.2) is 0 Å².